The van der Waals surface area contributed by atoms with Gasteiger partial charge in [0.2, 0.25) is 5.91 Å². The van der Waals surface area contributed by atoms with E-state index in [-0.39, 0.29) is 23.3 Å². The number of halogens is 1. The van der Waals surface area contributed by atoms with E-state index in [4.69, 9.17) is 16.3 Å². The summed E-state index contributed by atoms with van der Waals surface area (Å²) in [6.45, 7) is 8.32. The molecule has 34 heavy (non-hydrogen) atoms. The van der Waals surface area contributed by atoms with Gasteiger partial charge in [-0.3, -0.25) is 9.69 Å². The number of hydrogen-bond acceptors (Lipinski definition) is 6. The molecular weight excluding hydrogens is 454 g/mol. The van der Waals surface area contributed by atoms with Crippen molar-refractivity contribution in [3.63, 3.8) is 0 Å². The minimum atomic E-state index is -0.847. The molecule has 0 unspecified atom stereocenters. The molecule has 3 fully saturated rings. The summed E-state index contributed by atoms with van der Waals surface area (Å²) in [5.41, 5.74) is -0.0433. The van der Waals surface area contributed by atoms with Crippen LogP contribution in [0.1, 0.15) is 51.5 Å². The minimum Gasteiger partial charge on any atom is -0.390 e. The number of pyridine rings is 1. The molecule has 0 spiro atoms. The Morgan fingerprint density at radius 1 is 1.26 bits per heavy atom. The van der Waals surface area contributed by atoms with E-state index in [1.54, 1.807) is 20.0 Å². The number of fused-ring (bicyclic) bond motifs is 1. The lowest BCUT2D eigenvalue weighted by molar-refractivity contribution is -0.118. The highest BCUT2D eigenvalue weighted by atomic mass is 35.5. The average molecular weight is 488 g/mol. The first-order valence-electron chi connectivity index (χ1n) is 12.2. The highest BCUT2D eigenvalue weighted by molar-refractivity contribution is 6.32. The fourth-order valence-corrected chi connectivity index (χ4v) is 6.03. The van der Waals surface area contributed by atoms with Crippen molar-refractivity contribution >= 4 is 34.1 Å². The molecule has 0 bridgehead atoms. The number of aromatic nitrogens is 1. The topological polar surface area (TPSA) is 94.9 Å². The van der Waals surface area contributed by atoms with Gasteiger partial charge in [0, 0.05) is 22.5 Å². The Bertz CT molecular complexity index is 1100. The first-order valence-corrected chi connectivity index (χ1v) is 12.6. The SMILES string of the molecule is CC(C)(O)[C@@H]1C[C@H]1C(=O)Nc1cc2cc(C3CCN([C@@]4(C)COC[C@H]4O)CC3)c(Cl)cc2cn1. The number of aliphatic hydroxyl groups excluding tert-OH is 1. The molecule has 4 atom stereocenters. The molecule has 8 heteroatoms. The first kappa shape index (κ1) is 23.9. The number of ether oxygens (including phenoxy) is 1. The van der Waals surface area contributed by atoms with Gasteiger partial charge in [0.25, 0.3) is 0 Å². The predicted octanol–water partition coefficient (Wildman–Crippen LogP) is 3.56. The number of nitrogens with one attached hydrogen (secondary N) is 1. The van der Waals surface area contributed by atoms with Crippen LogP contribution in [0.5, 0.6) is 0 Å². The molecule has 0 radical (unpaired) electrons. The van der Waals surface area contributed by atoms with Crippen molar-refractivity contribution in [3.05, 3.63) is 35.0 Å². The molecule has 3 heterocycles. The van der Waals surface area contributed by atoms with E-state index in [0.29, 0.717) is 31.4 Å². The lowest BCUT2D eigenvalue weighted by atomic mass is 9.85. The number of aliphatic hydroxyl groups is 2. The average Bonchev–Trinajstić information content (AvgIpc) is 3.54. The van der Waals surface area contributed by atoms with E-state index in [0.717, 1.165) is 47.3 Å². The van der Waals surface area contributed by atoms with Crippen molar-refractivity contribution in [2.24, 2.45) is 11.8 Å². The van der Waals surface area contributed by atoms with Crippen molar-refractivity contribution in [2.45, 2.75) is 63.2 Å². The monoisotopic (exact) mass is 487 g/mol. The van der Waals surface area contributed by atoms with Crippen LogP contribution in [-0.2, 0) is 9.53 Å². The quantitative estimate of drug-likeness (QED) is 0.597. The maximum Gasteiger partial charge on any atom is 0.229 e. The standard InChI is InChI=1S/C26H34ClN3O4/c1-25(2,33)20-11-19(20)24(32)29-23-10-16-8-18(21(27)9-17(16)12-28-23)15-4-6-30(7-5-15)26(3)14-34-13-22(26)31/h8-10,12,15,19-20,22,31,33H,4-7,11,13-14H2,1-3H3,(H,28,29,32)/t19-,20-,22-,26+/m1/s1. The number of likely N-dealkylation sites (tertiary alicyclic amines) is 1. The Morgan fingerprint density at radius 3 is 2.62 bits per heavy atom. The van der Waals surface area contributed by atoms with Gasteiger partial charge >= 0.3 is 0 Å². The molecule has 3 N–H and O–H groups in total. The predicted molar refractivity (Wildman–Crippen MR) is 132 cm³/mol. The second kappa shape index (κ2) is 8.71. The molecule has 7 nitrogen and oxygen atoms in total. The van der Waals surface area contributed by atoms with E-state index in [9.17, 15) is 15.0 Å². The van der Waals surface area contributed by atoms with E-state index < -0.39 is 11.7 Å². The van der Waals surface area contributed by atoms with Crippen molar-refractivity contribution in [1.82, 2.24) is 9.88 Å². The zero-order chi connectivity index (χ0) is 24.3. The summed E-state index contributed by atoms with van der Waals surface area (Å²) in [5.74, 6) is 0.580. The van der Waals surface area contributed by atoms with Crippen LogP contribution >= 0.6 is 11.6 Å². The molecule has 2 saturated heterocycles. The van der Waals surface area contributed by atoms with E-state index in [1.807, 2.05) is 12.1 Å². The smallest absolute Gasteiger partial charge is 0.229 e. The molecule has 184 valence electrons. The fourth-order valence-electron chi connectivity index (χ4n) is 5.71. The highest BCUT2D eigenvalue weighted by Gasteiger charge is 2.51. The van der Waals surface area contributed by atoms with Gasteiger partial charge in [-0.15, -0.1) is 0 Å². The number of nitrogens with zero attached hydrogens (tertiary/aromatic N) is 2. The molecule has 3 aliphatic rings. The van der Waals surface area contributed by atoms with Crippen molar-refractivity contribution in [1.29, 1.82) is 0 Å². The number of benzene rings is 1. The number of hydrogen-bond donors (Lipinski definition) is 3. The van der Waals surface area contributed by atoms with Gasteiger partial charge < -0.3 is 20.3 Å². The Kier molecular flexibility index (Phi) is 6.14. The zero-order valence-electron chi connectivity index (χ0n) is 20.1. The summed E-state index contributed by atoms with van der Waals surface area (Å²) in [4.78, 5) is 19.4. The summed E-state index contributed by atoms with van der Waals surface area (Å²) in [5, 5.41) is 26.1. The van der Waals surface area contributed by atoms with Crippen LogP contribution in [0.4, 0.5) is 5.82 Å². The van der Waals surface area contributed by atoms with Crippen LogP contribution in [0, 0.1) is 11.8 Å². The number of carbonyl (C=O) groups is 1. The van der Waals surface area contributed by atoms with Crippen LogP contribution in [0.25, 0.3) is 10.8 Å². The Balaban J connectivity index is 1.29. The summed E-state index contributed by atoms with van der Waals surface area (Å²) < 4.78 is 5.52. The summed E-state index contributed by atoms with van der Waals surface area (Å²) in [7, 11) is 0. The summed E-state index contributed by atoms with van der Waals surface area (Å²) >= 11 is 6.69. The molecular formula is C26H34ClN3O4. The maximum absolute atomic E-state index is 12.6. The number of piperidine rings is 1. The second-order valence-corrected chi connectivity index (χ2v) is 11.4. The van der Waals surface area contributed by atoms with Crippen molar-refractivity contribution in [3.8, 4) is 0 Å². The number of carbonyl (C=O) groups excluding carboxylic acids is 1. The van der Waals surface area contributed by atoms with Gasteiger partial charge in [0.1, 0.15) is 5.82 Å². The van der Waals surface area contributed by atoms with Crippen molar-refractivity contribution < 1.29 is 19.7 Å². The Hall–Kier alpha value is -1.77. The first-order chi connectivity index (χ1) is 16.1. The van der Waals surface area contributed by atoms with Gasteiger partial charge in [-0.1, -0.05) is 11.6 Å². The van der Waals surface area contributed by atoms with Gasteiger partial charge in [-0.05, 0) is 94.1 Å². The highest BCUT2D eigenvalue weighted by Crippen LogP contribution is 2.47. The van der Waals surface area contributed by atoms with Crippen LogP contribution in [0.3, 0.4) is 0 Å². The molecule has 1 amide bonds. The Morgan fingerprint density at radius 2 is 2.00 bits per heavy atom. The van der Waals surface area contributed by atoms with Gasteiger partial charge in [0.05, 0.1) is 30.5 Å². The third-order valence-corrected chi connectivity index (χ3v) is 8.50. The molecule has 1 saturated carbocycles. The molecule has 5 rings (SSSR count). The van der Waals surface area contributed by atoms with Gasteiger partial charge in [-0.2, -0.15) is 0 Å². The van der Waals surface area contributed by atoms with Crippen LogP contribution in [0.2, 0.25) is 5.02 Å². The van der Waals surface area contributed by atoms with Crippen LogP contribution in [0.15, 0.2) is 24.4 Å². The lowest BCUT2D eigenvalue weighted by Gasteiger charge is -2.43. The molecule has 1 aromatic heterocycles. The third kappa shape index (κ3) is 4.44. The summed E-state index contributed by atoms with van der Waals surface area (Å²) in [6, 6.07) is 5.98. The normalized spacial score (nSPS) is 30.6. The summed E-state index contributed by atoms with van der Waals surface area (Å²) in [6.07, 6.45) is 3.91. The molecule has 1 aromatic carbocycles. The van der Waals surface area contributed by atoms with Crippen molar-refractivity contribution in [2.75, 3.05) is 31.6 Å². The van der Waals surface area contributed by atoms with Crippen LogP contribution in [-0.4, -0.2) is 69.6 Å². The fraction of sp³-hybridized carbons (Fsp3) is 0.615. The van der Waals surface area contributed by atoms with E-state index >= 15 is 0 Å². The molecule has 2 aromatic rings. The van der Waals surface area contributed by atoms with Gasteiger partial charge in [0.15, 0.2) is 0 Å². The Labute approximate surface area is 205 Å². The molecule has 1 aliphatic carbocycles. The van der Waals surface area contributed by atoms with E-state index in [1.165, 1.54) is 0 Å². The number of amides is 1. The second-order valence-electron chi connectivity index (χ2n) is 11.0. The van der Waals surface area contributed by atoms with E-state index in [2.05, 4.69) is 28.2 Å². The zero-order valence-corrected chi connectivity index (χ0v) is 20.8. The maximum atomic E-state index is 12.6. The minimum absolute atomic E-state index is 0.0107. The number of anilines is 1. The largest absolute Gasteiger partial charge is 0.390 e. The third-order valence-electron chi connectivity index (χ3n) is 8.17. The van der Waals surface area contributed by atoms with Gasteiger partial charge in [-0.25, -0.2) is 4.98 Å². The van der Waals surface area contributed by atoms with Crippen LogP contribution < -0.4 is 5.32 Å². The number of rotatable bonds is 5. The lowest BCUT2D eigenvalue weighted by Crippen LogP contribution is -2.56. The molecule has 2 aliphatic heterocycles.